The maximum Gasteiger partial charge on any atom is 0.239 e. The van der Waals surface area contributed by atoms with Crippen LogP contribution in [0.1, 0.15) is 79.0 Å². The minimum absolute atomic E-state index is 0.144. The van der Waals surface area contributed by atoms with Crippen LogP contribution in [0.5, 0.6) is 0 Å². The fraction of sp³-hybridized carbons (Fsp3) is 0.154. The summed E-state index contributed by atoms with van der Waals surface area (Å²) < 4.78 is 0. The second kappa shape index (κ2) is 24.4. The van der Waals surface area contributed by atoms with Crippen molar-refractivity contribution in [3.8, 4) is 33.4 Å². The van der Waals surface area contributed by atoms with Gasteiger partial charge in [-0.2, -0.15) is 0 Å². The maximum absolute atomic E-state index is 5.22. The average Bonchev–Trinajstić information content (AvgIpc) is 1.86. The Bertz CT molecular complexity index is 3720. The van der Waals surface area contributed by atoms with E-state index in [1.54, 1.807) is 4.90 Å². The Balaban J connectivity index is 1.02. The summed E-state index contributed by atoms with van der Waals surface area (Å²) in [5.41, 5.74) is 17.6. The number of benzene rings is 9. The lowest BCUT2D eigenvalue weighted by Gasteiger charge is -2.30. The molecule has 3 heterocycles. The molecular weight excluding hydrogens is 1080 g/mol. The van der Waals surface area contributed by atoms with Crippen LogP contribution in [-0.2, 0) is 16.2 Å². The summed E-state index contributed by atoms with van der Waals surface area (Å²) in [7, 11) is 0. The van der Waals surface area contributed by atoms with E-state index in [9.17, 15) is 0 Å². The van der Waals surface area contributed by atoms with Crippen molar-refractivity contribution in [1.29, 1.82) is 0 Å². The predicted octanol–water partition coefficient (Wildman–Crippen LogP) is 20.8. The quantitative estimate of drug-likeness (QED) is 0.0988. The Morgan fingerprint density at radius 1 is 0.227 bits per heavy atom. The highest BCUT2D eigenvalue weighted by molar-refractivity contribution is 5.91. The number of hydrogen-bond donors (Lipinski definition) is 0. The average molecular weight is 1150 g/mol. The molecule has 0 radical (unpaired) electrons. The van der Waals surface area contributed by atoms with Gasteiger partial charge in [-0.15, -0.1) is 0 Å². The number of aromatic nitrogens is 6. The molecule has 0 spiro atoms. The topological polar surface area (TPSA) is 90.3 Å². The molecule has 12 rings (SSSR count). The van der Waals surface area contributed by atoms with Gasteiger partial charge in [0.05, 0.1) is 17.1 Å². The molecule has 0 saturated heterocycles. The van der Waals surface area contributed by atoms with Crippen LogP contribution >= 0.6 is 0 Å². The number of hydrogen-bond acceptors (Lipinski definition) is 10. The van der Waals surface area contributed by atoms with Crippen LogP contribution in [0.15, 0.2) is 274 Å². The van der Waals surface area contributed by atoms with Gasteiger partial charge in [0.1, 0.15) is 0 Å². The van der Waals surface area contributed by atoms with E-state index < -0.39 is 0 Å². The smallest absolute Gasteiger partial charge is 0.239 e. The van der Waals surface area contributed by atoms with Crippen molar-refractivity contribution < 1.29 is 0 Å². The number of anilines is 12. The minimum Gasteiger partial charge on any atom is -0.310 e. The molecule has 0 fully saturated rings. The molecule has 12 aromatic rings. The van der Waals surface area contributed by atoms with Gasteiger partial charge in [-0.1, -0.05) is 190 Å². The molecule has 0 aliphatic rings. The molecule has 0 bridgehead atoms. The number of para-hydroxylation sites is 6. The molecular formula is C78H72N10. The van der Waals surface area contributed by atoms with Crippen molar-refractivity contribution >= 4 is 69.0 Å². The lowest BCUT2D eigenvalue weighted by Crippen LogP contribution is -2.19. The Labute approximate surface area is 518 Å². The fourth-order valence-corrected chi connectivity index (χ4v) is 11.0. The highest BCUT2D eigenvalue weighted by Gasteiger charge is 2.28. The third kappa shape index (κ3) is 12.3. The van der Waals surface area contributed by atoms with E-state index in [-0.39, 0.29) is 16.2 Å². The van der Waals surface area contributed by atoms with Gasteiger partial charge >= 0.3 is 0 Å². The first-order chi connectivity index (χ1) is 42.6. The summed E-state index contributed by atoms with van der Waals surface area (Å²) in [6.07, 6.45) is 11.3. The van der Waals surface area contributed by atoms with Crippen LogP contribution in [-0.4, -0.2) is 29.9 Å². The molecule has 10 nitrogen and oxygen atoms in total. The van der Waals surface area contributed by atoms with Crippen LogP contribution in [0.2, 0.25) is 0 Å². The minimum atomic E-state index is -0.144. The van der Waals surface area contributed by atoms with E-state index in [4.69, 9.17) is 29.9 Å². The van der Waals surface area contributed by atoms with E-state index in [1.165, 1.54) is 16.7 Å². The molecule has 434 valence electrons. The highest BCUT2D eigenvalue weighted by Crippen LogP contribution is 2.47. The van der Waals surface area contributed by atoms with Gasteiger partial charge < -0.3 is 14.7 Å². The first-order valence-electron chi connectivity index (χ1n) is 30.0. The molecule has 0 saturated carbocycles. The second-order valence-corrected chi connectivity index (χ2v) is 25.1. The zero-order chi connectivity index (χ0) is 61.0. The van der Waals surface area contributed by atoms with Gasteiger partial charge in [0.15, 0.2) is 0 Å². The molecule has 0 N–H and O–H groups in total. The van der Waals surface area contributed by atoms with Gasteiger partial charge in [-0.25, -0.2) is 34.8 Å². The highest BCUT2D eigenvalue weighted by atomic mass is 15.4. The Kier molecular flexibility index (Phi) is 16.0. The summed E-state index contributed by atoms with van der Waals surface area (Å²) in [6.45, 7) is 20.1. The van der Waals surface area contributed by atoms with Crippen LogP contribution in [0.25, 0.3) is 33.4 Å². The van der Waals surface area contributed by atoms with Gasteiger partial charge in [0.2, 0.25) is 17.8 Å². The lowest BCUT2D eigenvalue weighted by molar-refractivity contribution is 0.590. The molecule has 3 aromatic heterocycles. The largest absolute Gasteiger partial charge is 0.310 e. The van der Waals surface area contributed by atoms with Gasteiger partial charge in [0.25, 0.3) is 0 Å². The summed E-state index contributed by atoms with van der Waals surface area (Å²) in [4.78, 5) is 39.9. The van der Waals surface area contributed by atoms with Crippen LogP contribution in [0, 0.1) is 0 Å². The van der Waals surface area contributed by atoms with Crippen molar-refractivity contribution in [1.82, 2.24) is 29.9 Å². The van der Waals surface area contributed by atoms with Gasteiger partial charge in [-0.05, 0) is 142 Å². The first kappa shape index (κ1) is 57.8. The SMILES string of the molecule is CC(C)(C)c1ccc(N(c2ccccc2)c2ccccc2)c(-c2cnc(N(c3ncc(-c4cc(C(C)(C)C)ccc4N(c4ccccc4)c4ccccc4)cn3)c3ncc(-c4cc(C(C)(C)C)ccc4N(c4ccccc4)c4ccccc4)cn3)nc2)c1. The standard InChI is InChI=1S/C78H72N10/c1-76(2,3)58-40-43-70(85(61-28-16-10-17-29-61)62-30-18-11-19-31-62)67(46-58)55-49-79-73(80-50-55)88(74-81-51-56(52-82-74)68-47-59(77(4,5)6)41-44-71(68)86(63-32-20-12-21-33-63)64-34-22-13-23-35-64)75-83-53-57(54-84-75)69-48-60(78(7,8)9)42-45-72(69)87(65-36-24-14-25-37-65)66-38-26-15-27-39-66/h10-54H,1-9H3. The summed E-state index contributed by atoms with van der Waals surface area (Å²) >= 11 is 0. The molecule has 0 atom stereocenters. The van der Waals surface area contributed by atoms with Crippen LogP contribution in [0.3, 0.4) is 0 Å². The van der Waals surface area contributed by atoms with E-state index in [2.05, 4.69) is 277 Å². The van der Waals surface area contributed by atoms with Crippen LogP contribution in [0.4, 0.5) is 69.0 Å². The van der Waals surface area contributed by atoms with Crippen molar-refractivity contribution in [3.05, 3.63) is 290 Å². The summed E-state index contributed by atoms with van der Waals surface area (Å²) in [6, 6.07) is 82.9. The van der Waals surface area contributed by atoms with Gasteiger partial charge in [0, 0.05) is 105 Å². The number of rotatable bonds is 15. The fourth-order valence-electron chi connectivity index (χ4n) is 11.0. The summed E-state index contributed by atoms with van der Waals surface area (Å²) in [5, 5.41) is 0. The third-order valence-corrected chi connectivity index (χ3v) is 15.8. The number of nitrogens with zero attached hydrogens (tertiary/aromatic N) is 10. The van der Waals surface area contributed by atoms with Crippen molar-refractivity contribution in [2.45, 2.75) is 78.6 Å². The molecule has 10 heteroatoms. The summed E-state index contributed by atoms with van der Waals surface area (Å²) in [5.74, 6) is 0.890. The Morgan fingerprint density at radius 3 is 0.602 bits per heavy atom. The zero-order valence-corrected chi connectivity index (χ0v) is 51.5. The first-order valence-corrected chi connectivity index (χ1v) is 30.0. The van der Waals surface area contributed by atoms with Crippen molar-refractivity contribution in [3.63, 3.8) is 0 Å². The van der Waals surface area contributed by atoms with Gasteiger partial charge in [-0.3, -0.25) is 0 Å². The van der Waals surface area contributed by atoms with Crippen LogP contribution < -0.4 is 19.6 Å². The molecule has 9 aromatic carbocycles. The molecule has 0 aliphatic heterocycles. The maximum atomic E-state index is 5.22. The predicted molar refractivity (Wildman–Crippen MR) is 364 cm³/mol. The molecule has 0 unspecified atom stereocenters. The monoisotopic (exact) mass is 1150 g/mol. The van der Waals surface area contributed by atoms with Crippen molar-refractivity contribution in [2.75, 3.05) is 19.6 Å². The zero-order valence-electron chi connectivity index (χ0n) is 51.5. The van der Waals surface area contributed by atoms with E-state index in [0.29, 0.717) is 17.8 Å². The van der Waals surface area contributed by atoms with Crippen molar-refractivity contribution in [2.24, 2.45) is 0 Å². The molecule has 88 heavy (non-hydrogen) atoms. The molecule has 0 aliphatic carbocycles. The van der Waals surface area contributed by atoms with E-state index >= 15 is 0 Å². The third-order valence-electron chi connectivity index (χ3n) is 15.8. The lowest BCUT2D eigenvalue weighted by atomic mass is 9.85. The second-order valence-electron chi connectivity index (χ2n) is 25.1. The Hall–Kier alpha value is -10.6. The molecule has 0 amide bonds. The van der Waals surface area contributed by atoms with E-state index in [0.717, 1.165) is 84.6 Å². The normalized spacial score (nSPS) is 11.7. The van der Waals surface area contributed by atoms with E-state index in [1.807, 2.05) is 73.6 Å². The Morgan fingerprint density at radius 2 is 0.420 bits per heavy atom.